The minimum absolute atomic E-state index is 0.0761. The summed E-state index contributed by atoms with van der Waals surface area (Å²) in [6.07, 6.45) is 1.55. The van der Waals surface area contributed by atoms with Gasteiger partial charge in [-0.05, 0) is 25.5 Å². The van der Waals surface area contributed by atoms with Crippen molar-refractivity contribution >= 4 is 23.4 Å². The third-order valence-corrected chi connectivity index (χ3v) is 5.32. The molecule has 0 radical (unpaired) electrons. The Bertz CT molecular complexity index is 991. The summed E-state index contributed by atoms with van der Waals surface area (Å²) in [5, 5.41) is 6.77. The predicted octanol–water partition coefficient (Wildman–Crippen LogP) is 4.26. The SMILES string of the molecule is Cc1noc(CCCC(=O)Nc2cc3c(cc2Sc2ccccc2)OCCO3)n1. The van der Waals surface area contributed by atoms with Crippen LogP contribution in [0, 0.1) is 6.92 Å². The Kier molecular flexibility index (Phi) is 6.00. The lowest BCUT2D eigenvalue weighted by atomic mass is 10.2. The maximum atomic E-state index is 12.5. The summed E-state index contributed by atoms with van der Waals surface area (Å²) in [5.74, 6) is 2.41. The fraction of sp³-hybridized carbons (Fsp3) is 0.286. The van der Waals surface area contributed by atoms with E-state index in [4.69, 9.17) is 14.0 Å². The highest BCUT2D eigenvalue weighted by Gasteiger charge is 2.18. The zero-order chi connectivity index (χ0) is 20.1. The first-order valence-corrected chi connectivity index (χ1v) is 10.2. The molecule has 1 aliphatic rings. The molecule has 0 fully saturated rings. The Morgan fingerprint density at radius 1 is 1.14 bits per heavy atom. The zero-order valence-corrected chi connectivity index (χ0v) is 16.8. The second kappa shape index (κ2) is 9.00. The second-order valence-electron chi connectivity index (χ2n) is 6.54. The van der Waals surface area contributed by atoms with Crippen molar-refractivity contribution in [2.45, 2.75) is 36.0 Å². The number of anilines is 1. The molecule has 1 aliphatic heterocycles. The van der Waals surface area contributed by atoms with Gasteiger partial charge in [-0.15, -0.1) is 0 Å². The smallest absolute Gasteiger partial charge is 0.226 e. The van der Waals surface area contributed by atoms with E-state index >= 15 is 0 Å². The number of carbonyl (C=O) groups excluding carboxylic acids is 1. The highest BCUT2D eigenvalue weighted by atomic mass is 32.2. The normalized spacial score (nSPS) is 12.6. The Morgan fingerprint density at radius 3 is 2.62 bits per heavy atom. The van der Waals surface area contributed by atoms with Gasteiger partial charge in [-0.1, -0.05) is 35.1 Å². The topological polar surface area (TPSA) is 86.5 Å². The highest BCUT2D eigenvalue weighted by molar-refractivity contribution is 7.99. The lowest BCUT2D eigenvalue weighted by Crippen LogP contribution is -2.17. The maximum Gasteiger partial charge on any atom is 0.226 e. The Morgan fingerprint density at radius 2 is 1.90 bits per heavy atom. The van der Waals surface area contributed by atoms with Crippen LogP contribution < -0.4 is 14.8 Å². The summed E-state index contributed by atoms with van der Waals surface area (Å²) < 4.78 is 16.5. The monoisotopic (exact) mass is 411 g/mol. The molecular weight excluding hydrogens is 390 g/mol. The summed E-state index contributed by atoms with van der Waals surface area (Å²) in [7, 11) is 0. The van der Waals surface area contributed by atoms with Crippen LogP contribution in [0.5, 0.6) is 11.5 Å². The molecule has 1 N–H and O–H groups in total. The summed E-state index contributed by atoms with van der Waals surface area (Å²) in [6, 6.07) is 13.7. The fourth-order valence-electron chi connectivity index (χ4n) is 2.92. The Hall–Kier alpha value is -3.00. The predicted molar refractivity (Wildman–Crippen MR) is 109 cm³/mol. The average Bonchev–Trinajstić information content (AvgIpc) is 3.14. The molecule has 0 saturated carbocycles. The second-order valence-corrected chi connectivity index (χ2v) is 7.66. The quantitative estimate of drug-likeness (QED) is 0.621. The number of benzene rings is 2. The zero-order valence-electron chi connectivity index (χ0n) is 16.0. The van der Waals surface area contributed by atoms with Crippen molar-refractivity contribution in [3.05, 3.63) is 54.2 Å². The number of hydrogen-bond donors (Lipinski definition) is 1. The van der Waals surface area contributed by atoms with Crippen LogP contribution in [-0.4, -0.2) is 29.3 Å². The number of aryl methyl sites for hydroxylation is 2. The Labute approximate surface area is 172 Å². The van der Waals surface area contributed by atoms with E-state index in [1.165, 1.54) is 0 Å². The first-order valence-electron chi connectivity index (χ1n) is 9.43. The van der Waals surface area contributed by atoms with Gasteiger partial charge in [-0.25, -0.2) is 0 Å². The number of hydrogen-bond acceptors (Lipinski definition) is 7. The number of rotatable bonds is 7. The van der Waals surface area contributed by atoms with E-state index in [0.717, 1.165) is 9.79 Å². The molecule has 8 heteroatoms. The molecule has 1 amide bonds. The molecule has 2 heterocycles. The molecule has 0 atom stereocenters. The summed E-state index contributed by atoms with van der Waals surface area (Å²) in [4.78, 5) is 18.7. The molecule has 0 bridgehead atoms. The lowest BCUT2D eigenvalue weighted by Gasteiger charge is -2.21. The standard InChI is InChI=1S/C21H21N3O4S/c1-14-22-21(28-24-14)9-5-8-20(25)23-16-12-17-18(27-11-10-26-17)13-19(16)29-15-6-3-2-4-7-15/h2-4,6-7,12-13H,5,8-11H2,1H3,(H,23,25). The molecule has 1 aromatic heterocycles. The number of nitrogens with one attached hydrogen (secondary N) is 1. The van der Waals surface area contributed by atoms with Crippen LogP contribution >= 0.6 is 11.8 Å². The summed E-state index contributed by atoms with van der Waals surface area (Å²) in [6.45, 7) is 2.78. The number of aromatic nitrogens is 2. The van der Waals surface area contributed by atoms with Crippen molar-refractivity contribution in [2.24, 2.45) is 0 Å². The van der Waals surface area contributed by atoms with Crippen LogP contribution in [0.25, 0.3) is 0 Å². The van der Waals surface area contributed by atoms with Gasteiger partial charge in [0, 0.05) is 34.8 Å². The van der Waals surface area contributed by atoms with Crippen molar-refractivity contribution in [3.8, 4) is 11.5 Å². The van der Waals surface area contributed by atoms with Gasteiger partial charge in [0.2, 0.25) is 11.8 Å². The van der Waals surface area contributed by atoms with Crippen LogP contribution in [0.2, 0.25) is 0 Å². The number of carbonyl (C=O) groups is 1. The maximum absolute atomic E-state index is 12.5. The van der Waals surface area contributed by atoms with E-state index in [1.54, 1.807) is 18.7 Å². The van der Waals surface area contributed by atoms with Crippen molar-refractivity contribution < 1.29 is 18.8 Å². The van der Waals surface area contributed by atoms with E-state index in [9.17, 15) is 4.79 Å². The van der Waals surface area contributed by atoms with E-state index in [2.05, 4.69) is 15.5 Å². The van der Waals surface area contributed by atoms with Crippen LogP contribution in [0.4, 0.5) is 5.69 Å². The molecule has 0 spiro atoms. The molecule has 29 heavy (non-hydrogen) atoms. The van der Waals surface area contributed by atoms with Gasteiger partial charge in [0.25, 0.3) is 0 Å². The number of amides is 1. The minimum atomic E-state index is -0.0761. The third kappa shape index (κ3) is 5.08. The van der Waals surface area contributed by atoms with E-state index < -0.39 is 0 Å². The number of fused-ring (bicyclic) bond motifs is 1. The molecule has 2 aromatic carbocycles. The molecule has 7 nitrogen and oxygen atoms in total. The minimum Gasteiger partial charge on any atom is -0.486 e. The van der Waals surface area contributed by atoms with Gasteiger partial charge in [-0.2, -0.15) is 4.98 Å². The van der Waals surface area contributed by atoms with Gasteiger partial charge < -0.3 is 19.3 Å². The van der Waals surface area contributed by atoms with E-state index in [1.807, 2.05) is 42.5 Å². The molecule has 0 saturated heterocycles. The van der Waals surface area contributed by atoms with Crippen molar-refractivity contribution in [2.75, 3.05) is 18.5 Å². The van der Waals surface area contributed by atoms with Crippen LogP contribution in [0.1, 0.15) is 24.6 Å². The number of ether oxygens (including phenoxy) is 2. The highest BCUT2D eigenvalue weighted by Crippen LogP contribution is 2.42. The third-order valence-electron chi connectivity index (χ3n) is 4.25. The lowest BCUT2D eigenvalue weighted by molar-refractivity contribution is -0.116. The van der Waals surface area contributed by atoms with Crippen LogP contribution in [-0.2, 0) is 11.2 Å². The molecule has 0 aliphatic carbocycles. The number of nitrogens with zero attached hydrogens (tertiary/aromatic N) is 2. The average molecular weight is 411 g/mol. The largest absolute Gasteiger partial charge is 0.486 e. The van der Waals surface area contributed by atoms with Gasteiger partial charge in [0.1, 0.15) is 13.2 Å². The molecule has 0 unspecified atom stereocenters. The molecule has 150 valence electrons. The Balaban J connectivity index is 1.46. The van der Waals surface area contributed by atoms with Crippen LogP contribution in [0.15, 0.2) is 56.8 Å². The molecule has 3 aromatic rings. The van der Waals surface area contributed by atoms with E-state index in [0.29, 0.717) is 61.4 Å². The van der Waals surface area contributed by atoms with Crippen molar-refractivity contribution in [3.63, 3.8) is 0 Å². The van der Waals surface area contributed by atoms with E-state index in [-0.39, 0.29) is 5.91 Å². The van der Waals surface area contributed by atoms with Crippen molar-refractivity contribution in [1.29, 1.82) is 0 Å². The first-order chi connectivity index (χ1) is 14.2. The molecule has 4 rings (SSSR count). The van der Waals surface area contributed by atoms with Gasteiger partial charge in [0.05, 0.1) is 5.69 Å². The summed E-state index contributed by atoms with van der Waals surface area (Å²) >= 11 is 1.57. The van der Waals surface area contributed by atoms with Gasteiger partial charge in [-0.3, -0.25) is 4.79 Å². The van der Waals surface area contributed by atoms with Gasteiger partial charge >= 0.3 is 0 Å². The molecular formula is C21H21N3O4S. The van der Waals surface area contributed by atoms with Crippen molar-refractivity contribution in [1.82, 2.24) is 10.1 Å². The van der Waals surface area contributed by atoms with Crippen LogP contribution in [0.3, 0.4) is 0 Å². The fourth-order valence-corrected chi connectivity index (χ4v) is 3.86. The first kappa shape index (κ1) is 19.3. The summed E-state index contributed by atoms with van der Waals surface area (Å²) in [5.41, 5.74) is 0.710. The van der Waals surface area contributed by atoms with Gasteiger partial charge in [0.15, 0.2) is 17.3 Å².